The summed E-state index contributed by atoms with van der Waals surface area (Å²) in [6.07, 6.45) is 4.86. The van der Waals surface area contributed by atoms with Gasteiger partial charge in [-0.2, -0.15) is 0 Å². The molecular formula is C9H15NO2. The Morgan fingerprint density at radius 1 is 1.67 bits per heavy atom. The standard InChI is InChI=1S/C9H15NO2/c1-2-12-9(11)6-8(10)7-4-3-5-7/h6-7H,2-5,10H2,1H3/b8-6-. The summed E-state index contributed by atoms with van der Waals surface area (Å²) in [7, 11) is 0. The largest absolute Gasteiger partial charge is 0.463 e. The fourth-order valence-electron chi connectivity index (χ4n) is 1.18. The molecule has 0 heterocycles. The van der Waals surface area contributed by atoms with Crippen LogP contribution in [0, 0.1) is 5.92 Å². The highest BCUT2D eigenvalue weighted by Crippen LogP contribution is 2.30. The topological polar surface area (TPSA) is 52.3 Å². The van der Waals surface area contributed by atoms with Gasteiger partial charge in [0, 0.05) is 11.8 Å². The fourth-order valence-corrected chi connectivity index (χ4v) is 1.18. The molecule has 0 atom stereocenters. The van der Waals surface area contributed by atoms with Crippen molar-refractivity contribution >= 4 is 5.97 Å². The van der Waals surface area contributed by atoms with Gasteiger partial charge in [-0.05, 0) is 25.7 Å². The normalized spacial score (nSPS) is 18.6. The maximum absolute atomic E-state index is 10.9. The zero-order valence-electron chi connectivity index (χ0n) is 7.38. The average molecular weight is 169 g/mol. The summed E-state index contributed by atoms with van der Waals surface area (Å²) in [6.45, 7) is 2.19. The van der Waals surface area contributed by atoms with Gasteiger partial charge in [-0.1, -0.05) is 6.42 Å². The van der Waals surface area contributed by atoms with Crippen molar-refractivity contribution in [3.8, 4) is 0 Å². The van der Waals surface area contributed by atoms with Crippen LogP contribution in [0.15, 0.2) is 11.8 Å². The number of nitrogens with two attached hydrogens (primary N) is 1. The Morgan fingerprint density at radius 2 is 2.33 bits per heavy atom. The molecule has 3 nitrogen and oxygen atoms in total. The summed E-state index contributed by atoms with van der Waals surface area (Å²) < 4.78 is 4.74. The molecule has 0 amide bonds. The van der Waals surface area contributed by atoms with Crippen LogP contribution >= 0.6 is 0 Å². The molecular weight excluding hydrogens is 154 g/mol. The van der Waals surface area contributed by atoms with Crippen molar-refractivity contribution in [3.63, 3.8) is 0 Å². The Hall–Kier alpha value is -0.990. The van der Waals surface area contributed by atoms with E-state index in [0.717, 1.165) is 12.8 Å². The van der Waals surface area contributed by atoms with Crippen molar-refractivity contribution in [2.24, 2.45) is 11.7 Å². The number of esters is 1. The molecule has 1 saturated carbocycles. The van der Waals surface area contributed by atoms with Crippen LogP contribution in [0.25, 0.3) is 0 Å². The van der Waals surface area contributed by atoms with Gasteiger partial charge in [0.2, 0.25) is 0 Å². The molecule has 68 valence electrons. The first-order valence-corrected chi connectivity index (χ1v) is 4.38. The maximum Gasteiger partial charge on any atom is 0.332 e. The van der Waals surface area contributed by atoms with Gasteiger partial charge in [0.05, 0.1) is 6.61 Å². The first kappa shape index (κ1) is 9.10. The molecule has 0 aromatic carbocycles. The number of allylic oxidation sites excluding steroid dienone is 1. The van der Waals surface area contributed by atoms with Gasteiger partial charge in [0.25, 0.3) is 0 Å². The van der Waals surface area contributed by atoms with E-state index < -0.39 is 0 Å². The predicted molar refractivity (Wildman–Crippen MR) is 46.2 cm³/mol. The van der Waals surface area contributed by atoms with Crippen molar-refractivity contribution in [1.82, 2.24) is 0 Å². The van der Waals surface area contributed by atoms with Gasteiger partial charge < -0.3 is 10.5 Å². The summed E-state index contributed by atoms with van der Waals surface area (Å²) in [4.78, 5) is 10.9. The minimum Gasteiger partial charge on any atom is -0.463 e. The zero-order valence-corrected chi connectivity index (χ0v) is 7.38. The van der Waals surface area contributed by atoms with Crippen molar-refractivity contribution in [3.05, 3.63) is 11.8 Å². The third kappa shape index (κ3) is 2.26. The molecule has 0 aromatic heterocycles. The van der Waals surface area contributed by atoms with E-state index in [4.69, 9.17) is 10.5 Å². The number of carbonyl (C=O) groups is 1. The second-order valence-electron chi connectivity index (χ2n) is 3.02. The lowest BCUT2D eigenvalue weighted by atomic mass is 9.83. The van der Waals surface area contributed by atoms with Gasteiger partial charge in [0.15, 0.2) is 0 Å². The smallest absolute Gasteiger partial charge is 0.332 e. The monoisotopic (exact) mass is 169 g/mol. The predicted octanol–water partition coefficient (Wildman–Crippen LogP) is 1.19. The van der Waals surface area contributed by atoms with Crippen LogP contribution in [-0.4, -0.2) is 12.6 Å². The van der Waals surface area contributed by atoms with E-state index in [2.05, 4.69) is 0 Å². The SMILES string of the molecule is CCOC(=O)/C=C(\N)C1CCC1. The first-order chi connectivity index (χ1) is 5.74. The van der Waals surface area contributed by atoms with E-state index >= 15 is 0 Å². The Bertz CT molecular complexity index is 195. The molecule has 1 fully saturated rings. The van der Waals surface area contributed by atoms with Gasteiger partial charge in [-0.3, -0.25) is 0 Å². The van der Waals surface area contributed by atoms with Crippen molar-refractivity contribution in [2.75, 3.05) is 6.61 Å². The fraction of sp³-hybridized carbons (Fsp3) is 0.667. The summed E-state index contributed by atoms with van der Waals surface area (Å²) in [5, 5.41) is 0. The van der Waals surface area contributed by atoms with Crippen LogP contribution in [-0.2, 0) is 9.53 Å². The van der Waals surface area contributed by atoms with Gasteiger partial charge in [-0.15, -0.1) is 0 Å². The highest BCUT2D eigenvalue weighted by atomic mass is 16.5. The van der Waals surface area contributed by atoms with Crippen LogP contribution in [0.2, 0.25) is 0 Å². The van der Waals surface area contributed by atoms with Crippen molar-refractivity contribution in [1.29, 1.82) is 0 Å². The minimum absolute atomic E-state index is 0.318. The summed E-state index contributed by atoms with van der Waals surface area (Å²) in [5.74, 6) is 0.108. The van der Waals surface area contributed by atoms with E-state index in [1.165, 1.54) is 12.5 Å². The number of hydrogen-bond donors (Lipinski definition) is 1. The van der Waals surface area contributed by atoms with E-state index in [-0.39, 0.29) is 5.97 Å². The first-order valence-electron chi connectivity index (χ1n) is 4.38. The number of hydrogen-bond acceptors (Lipinski definition) is 3. The molecule has 0 unspecified atom stereocenters. The average Bonchev–Trinajstić information content (AvgIpc) is 1.82. The minimum atomic E-state index is -0.318. The number of ether oxygens (including phenoxy) is 1. The molecule has 3 heteroatoms. The summed E-state index contributed by atoms with van der Waals surface area (Å²) >= 11 is 0. The molecule has 1 aliphatic rings. The lowest BCUT2D eigenvalue weighted by Gasteiger charge is -2.25. The Morgan fingerprint density at radius 3 is 2.75 bits per heavy atom. The number of carbonyl (C=O) groups excluding carboxylic acids is 1. The number of rotatable bonds is 3. The molecule has 0 bridgehead atoms. The van der Waals surface area contributed by atoms with E-state index in [0.29, 0.717) is 18.2 Å². The molecule has 0 aromatic rings. The second kappa shape index (κ2) is 4.14. The Kier molecular flexibility index (Phi) is 3.14. The molecule has 0 spiro atoms. The Balaban J connectivity index is 2.37. The van der Waals surface area contributed by atoms with Gasteiger partial charge >= 0.3 is 5.97 Å². The molecule has 0 radical (unpaired) electrons. The highest BCUT2D eigenvalue weighted by Gasteiger charge is 2.20. The van der Waals surface area contributed by atoms with Crippen LogP contribution in [0.4, 0.5) is 0 Å². The van der Waals surface area contributed by atoms with E-state index in [9.17, 15) is 4.79 Å². The zero-order chi connectivity index (χ0) is 8.97. The molecule has 0 aliphatic heterocycles. The molecule has 1 aliphatic carbocycles. The summed E-state index contributed by atoms with van der Waals surface area (Å²) in [6, 6.07) is 0. The molecule has 12 heavy (non-hydrogen) atoms. The third-order valence-electron chi connectivity index (χ3n) is 2.15. The van der Waals surface area contributed by atoms with Crippen LogP contribution in [0.3, 0.4) is 0 Å². The highest BCUT2D eigenvalue weighted by molar-refractivity contribution is 5.82. The Labute approximate surface area is 72.6 Å². The van der Waals surface area contributed by atoms with E-state index in [1.807, 2.05) is 0 Å². The molecule has 0 saturated heterocycles. The van der Waals surface area contributed by atoms with Crippen molar-refractivity contribution < 1.29 is 9.53 Å². The van der Waals surface area contributed by atoms with Gasteiger partial charge in [0.1, 0.15) is 0 Å². The van der Waals surface area contributed by atoms with E-state index in [1.54, 1.807) is 6.92 Å². The lowest BCUT2D eigenvalue weighted by molar-refractivity contribution is -0.137. The third-order valence-corrected chi connectivity index (χ3v) is 2.15. The molecule has 1 rings (SSSR count). The van der Waals surface area contributed by atoms with Crippen LogP contribution < -0.4 is 5.73 Å². The van der Waals surface area contributed by atoms with Gasteiger partial charge in [-0.25, -0.2) is 4.79 Å². The molecule has 2 N–H and O–H groups in total. The van der Waals surface area contributed by atoms with Crippen molar-refractivity contribution in [2.45, 2.75) is 26.2 Å². The van der Waals surface area contributed by atoms with Crippen LogP contribution in [0.5, 0.6) is 0 Å². The van der Waals surface area contributed by atoms with Crippen LogP contribution in [0.1, 0.15) is 26.2 Å². The maximum atomic E-state index is 10.9. The summed E-state index contributed by atoms with van der Waals surface area (Å²) in [5.41, 5.74) is 6.35. The lowest BCUT2D eigenvalue weighted by Crippen LogP contribution is -2.20. The quantitative estimate of drug-likeness (QED) is 0.510. The second-order valence-corrected chi connectivity index (χ2v) is 3.02.